The highest BCUT2D eigenvalue weighted by Gasteiger charge is 2.38. The van der Waals surface area contributed by atoms with E-state index in [4.69, 9.17) is 13.8 Å². The molecule has 0 aromatic heterocycles. The van der Waals surface area contributed by atoms with E-state index in [1.807, 2.05) is 6.66 Å². The molecule has 0 radical (unpaired) electrons. The molecule has 1 saturated heterocycles. The van der Waals surface area contributed by atoms with Crippen molar-refractivity contribution in [3.05, 3.63) is 0 Å². The van der Waals surface area contributed by atoms with Gasteiger partial charge in [-0.15, -0.1) is 0 Å². The number of ether oxygens (including phenoxy) is 1. The zero-order chi connectivity index (χ0) is 10.0. The van der Waals surface area contributed by atoms with Gasteiger partial charge in [0.25, 0.3) is 0 Å². The summed E-state index contributed by atoms with van der Waals surface area (Å²) < 4.78 is 16.6. The molecule has 78 valence electrons. The van der Waals surface area contributed by atoms with Crippen LogP contribution in [0.15, 0.2) is 0 Å². The molecule has 0 aromatic carbocycles. The molecule has 1 heterocycles. The molecular weight excluding hydrogens is 187 g/mol. The predicted octanol–water partition coefficient (Wildman–Crippen LogP) is 2.40. The van der Waals surface area contributed by atoms with Crippen LogP contribution in [0.1, 0.15) is 20.8 Å². The molecular formula is C9H19O3P. The van der Waals surface area contributed by atoms with Crippen LogP contribution in [-0.2, 0) is 13.8 Å². The highest BCUT2D eigenvalue weighted by atomic mass is 31.2. The third-order valence-corrected chi connectivity index (χ3v) is 3.73. The molecule has 5 atom stereocenters. The highest BCUT2D eigenvalue weighted by Crippen LogP contribution is 2.40. The first-order chi connectivity index (χ1) is 6.06. The summed E-state index contributed by atoms with van der Waals surface area (Å²) >= 11 is 0. The number of hydrogen-bond acceptors (Lipinski definition) is 3. The van der Waals surface area contributed by atoms with Gasteiger partial charge in [-0.3, -0.25) is 0 Å². The van der Waals surface area contributed by atoms with E-state index in [1.54, 1.807) is 7.11 Å². The van der Waals surface area contributed by atoms with Crippen molar-refractivity contribution >= 4 is 8.38 Å². The fraction of sp³-hybridized carbons (Fsp3) is 1.00. The second-order valence-electron chi connectivity index (χ2n) is 3.60. The smallest absolute Gasteiger partial charge is 0.167 e. The predicted molar refractivity (Wildman–Crippen MR) is 53.9 cm³/mol. The van der Waals surface area contributed by atoms with Crippen LogP contribution in [0.3, 0.4) is 0 Å². The first kappa shape index (κ1) is 11.4. The van der Waals surface area contributed by atoms with Crippen molar-refractivity contribution in [2.75, 3.05) is 13.8 Å². The fourth-order valence-corrected chi connectivity index (χ4v) is 2.42. The fourth-order valence-electron chi connectivity index (χ4n) is 1.63. The molecule has 1 rings (SSSR count). The maximum atomic E-state index is 5.77. The Kier molecular flexibility index (Phi) is 4.11. The van der Waals surface area contributed by atoms with Gasteiger partial charge in [0.15, 0.2) is 8.38 Å². The summed E-state index contributed by atoms with van der Waals surface area (Å²) in [4.78, 5) is 0. The van der Waals surface area contributed by atoms with Crippen molar-refractivity contribution in [2.45, 2.75) is 39.1 Å². The minimum Gasteiger partial charge on any atom is -0.372 e. The molecule has 0 aliphatic carbocycles. The maximum absolute atomic E-state index is 5.77. The Bertz CT molecular complexity index is 165. The van der Waals surface area contributed by atoms with E-state index in [0.29, 0.717) is 12.0 Å². The standard InChI is InChI=1S/C9H19O3P/c1-6-7(2)11-8(3)9(6)12-13(5)10-4/h6-9H,1-5H3/t6?,7-,8+,9+,13?/m0/s1. The van der Waals surface area contributed by atoms with Crippen molar-refractivity contribution in [3.8, 4) is 0 Å². The third kappa shape index (κ3) is 2.63. The minimum atomic E-state index is -0.742. The summed E-state index contributed by atoms with van der Waals surface area (Å²) in [5.74, 6) is 0.454. The Hall–Kier alpha value is 0.310. The Morgan fingerprint density at radius 2 is 1.77 bits per heavy atom. The van der Waals surface area contributed by atoms with Crippen LogP contribution in [-0.4, -0.2) is 32.1 Å². The Labute approximate surface area is 81.7 Å². The number of hydrogen-bond donors (Lipinski definition) is 0. The molecule has 2 unspecified atom stereocenters. The molecule has 1 aliphatic heterocycles. The largest absolute Gasteiger partial charge is 0.372 e. The maximum Gasteiger partial charge on any atom is 0.167 e. The van der Waals surface area contributed by atoms with Gasteiger partial charge < -0.3 is 13.8 Å². The van der Waals surface area contributed by atoms with Crippen LogP contribution in [0, 0.1) is 5.92 Å². The summed E-state index contributed by atoms with van der Waals surface area (Å²) in [6.07, 6.45) is 0.663. The molecule has 1 fully saturated rings. The molecule has 1 aliphatic rings. The molecule has 4 heteroatoms. The first-order valence-electron chi connectivity index (χ1n) is 4.66. The van der Waals surface area contributed by atoms with Crippen molar-refractivity contribution in [1.82, 2.24) is 0 Å². The van der Waals surface area contributed by atoms with Gasteiger partial charge in [-0.2, -0.15) is 0 Å². The van der Waals surface area contributed by atoms with Crippen LogP contribution >= 0.6 is 8.38 Å². The normalized spacial score (nSPS) is 42.2. The topological polar surface area (TPSA) is 27.7 Å². The monoisotopic (exact) mass is 206 g/mol. The molecule has 0 N–H and O–H groups in total. The SMILES string of the molecule is COP(C)O[C@@H]1C(C)[C@H](C)O[C@@H]1C. The summed E-state index contributed by atoms with van der Waals surface area (Å²) in [7, 11) is 0.939. The van der Waals surface area contributed by atoms with Gasteiger partial charge in [-0.25, -0.2) is 0 Å². The van der Waals surface area contributed by atoms with E-state index in [-0.39, 0.29) is 12.2 Å². The highest BCUT2D eigenvalue weighted by molar-refractivity contribution is 7.46. The second-order valence-corrected chi connectivity index (χ2v) is 5.05. The Morgan fingerprint density at radius 3 is 2.15 bits per heavy atom. The van der Waals surface area contributed by atoms with Crippen molar-refractivity contribution in [3.63, 3.8) is 0 Å². The quantitative estimate of drug-likeness (QED) is 0.663. The zero-order valence-corrected chi connectivity index (χ0v) is 9.88. The van der Waals surface area contributed by atoms with Crippen molar-refractivity contribution < 1.29 is 13.8 Å². The summed E-state index contributed by atoms with van der Waals surface area (Å²) in [6.45, 7) is 8.29. The van der Waals surface area contributed by atoms with Gasteiger partial charge in [-0.1, -0.05) is 6.92 Å². The molecule has 0 saturated carbocycles. The first-order valence-corrected chi connectivity index (χ1v) is 6.28. The average molecular weight is 206 g/mol. The van der Waals surface area contributed by atoms with Gasteiger partial charge in [0, 0.05) is 19.7 Å². The molecule has 3 nitrogen and oxygen atoms in total. The van der Waals surface area contributed by atoms with E-state index < -0.39 is 8.38 Å². The second kappa shape index (κ2) is 4.70. The van der Waals surface area contributed by atoms with Crippen LogP contribution in [0.4, 0.5) is 0 Å². The van der Waals surface area contributed by atoms with Gasteiger partial charge in [0.2, 0.25) is 0 Å². The lowest BCUT2D eigenvalue weighted by Gasteiger charge is -2.21. The molecule has 13 heavy (non-hydrogen) atoms. The zero-order valence-electron chi connectivity index (χ0n) is 8.98. The summed E-state index contributed by atoms with van der Waals surface area (Å²) in [6, 6.07) is 0. The van der Waals surface area contributed by atoms with Crippen molar-refractivity contribution in [1.29, 1.82) is 0 Å². The van der Waals surface area contributed by atoms with E-state index in [0.717, 1.165) is 0 Å². The molecule has 0 spiro atoms. The summed E-state index contributed by atoms with van der Waals surface area (Å²) in [5.41, 5.74) is 0. The van der Waals surface area contributed by atoms with E-state index >= 15 is 0 Å². The minimum absolute atomic E-state index is 0.185. The Morgan fingerprint density at radius 1 is 1.15 bits per heavy atom. The van der Waals surface area contributed by atoms with Gasteiger partial charge >= 0.3 is 0 Å². The van der Waals surface area contributed by atoms with Crippen molar-refractivity contribution in [2.24, 2.45) is 5.92 Å². The van der Waals surface area contributed by atoms with Crippen LogP contribution in [0.5, 0.6) is 0 Å². The molecule has 0 amide bonds. The van der Waals surface area contributed by atoms with Gasteiger partial charge in [0.05, 0.1) is 18.3 Å². The lowest BCUT2D eigenvalue weighted by molar-refractivity contribution is 0.0355. The van der Waals surface area contributed by atoms with E-state index in [2.05, 4.69) is 20.8 Å². The molecule has 0 aromatic rings. The van der Waals surface area contributed by atoms with E-state index in [9.17, 15) is 0 Å². The lowest BCUT2D eigenvalue weighted by Crippen LogP contribution is -2.25. The van der Waals surface area contributed by atoms with E-state index in [1.165, 1.54) is 0 Å². The van der Waals surface area contributed by atoms with Crippen LogP contribution < -0.4 is 0 Å². The third-order valence-electron chi connectivity index (χ3n) is 2.68. The Balaban J connectivity index is 2.48. The summed E-state index contributed by atoms with van der Waals surface area (Å²) in [5, 5.41) is 0. The van der Waals surface area contributed by atoms with Crippen LogP contribution in [0.2, 0.25) is 0 Å². The number of rotatable bonds is 3. The van der Waals surface area contributed by atoms with Gasteiger partial charge in [-0.05, 0) is 13.8 Å². The lowest BCUT2D eigenvalue weighted by atomic mass is 10.0. The molecule has 0 bridgehead atoms. The van der Waals surface area contributed by atoms with Gasteiger partial charge in [0.1, 0.15) is 0 Å². The average Bonchev–Trinajstić information content (AvgIpc) is 2.32. The van der Waals surface area contributed by atoms with Crippen LogP contribution in [0.25, 0.3) is 0 Å².